The Morgan fingerprint density at radius 2 is 1.81 bits per heavy atom. The van der Waals surface area contributed by atoms with Crippen molar-refractivity contribution in [3.05, 3.63) is 45.4 Å². The van der Waals surface area contributed by atoms with E-state index >= 15 is 0 Å². The summed E-state index contributed by atoms with van der Waals surface area (Å²) in [4.78, 5) is 7.38. The maximum atomic E-state index is 13.1. The number of hydrogen-bond acceptors (Lipinski definition) is 5. The summed E-state index contributed by atoms with van der Waals surface area (Å²) in [7, 11) is -3.40. The zero-order chi connectivity index (χ0) is 18.9. The van der Waals surface area contributed by atoms with Crippen LogP contribution in [0.15, 0.2) is 28.5 Å². The van der Waals surface area contributed by atoms with Gasteiger partial charge in [-0.2, -0.15) is 4.31 Å². The highest BCUT2D eigenvalue weighted by Crippen LogP contribution is 2.26. The molecular formula is C20H27N3O2S2. The molecule has 4 rings (SSSR count). The van der Waals surface area contributed by atoms with Crippen molar-refractivity contribution in [3.63, 3.8) is 0 Å². The van der Waals surface area contributed by atoms with Crippen molar-refractivity contribution >= 4 is 21.4 Å². The number of aryl methyl sites for hydroxylation is 3. The van der Waals surface area contributed by atoms with Gasteiger partial charge in [0.2, 0.25) is 10.0 Å². The number of hydrogen-bond donors (Lipinski definition) is 0. The number of piperazine rings is 1. The van der Waals surface area contributed by atoms with E-state index in [-0.39, 0.29) is 0 Å². The molecule has 0 bridgehead atoms. The van der Waals surface area contributed by atoms with Crippen molar-refractivity contribution in [2.24, 2.45) is 0 Å². The summed E-state index contributed by atoms with van der Waals surface area (Å²) in [6.45, 7) is 5.52. The van der Waals surface area contributed by atoms with E-state index in [0.29, 0.717) is 18.0 Å². The van der Waals surface area contributed by atoms with Crippen LogP contribution < -0.4 is 0 Å². The molecule has 1 aliphatic heterocycles. The normalized spacial score (nSPS) is 19.1. The second-order valence-corrected chi connectivity index (χ2v) is 10.3. The number of thiazole rings is 1. The fourth-order valence-electron chi connectivity index (χ4n) is 3.96. The van der Waals surface area contributed by atoms with Gasteiger partial charge in [0, 0.05) is 38.1 Å². The lowest BCUT2D eigenvalue weighted by Crippen LogP contribution is -2.48. The van der Waals surface area contributed by atoms with Crippen LogP contribution in [0.2, 0.25) is 0 Å². The van der Waals surface area contributed by atoms with Gasteiger partial charge in [0.25, 0.3) is 0 Å². The molecule has 1 fully saturated rings. The maximum absolute atomic E-state index is 13.1. The second kappa shape index (κ2) is 7.99. The van der Waals surface area contributed by atoms with Gasteiger partial charge in [0.15, 0.2) is 0 Å². The third kappa shape index (κ3) is 4.11. The maximum Gasteiger partial charge on any atom is 0.243 e. The SMILES string of the molecule is CCc1nc(CN2CCN(S(=O)(=O)c3ccc4c(c3)CCCC4)CC2)cs1. The fourth-order valence-corrected chi connectivity index (χ4v) is 6.17. The zero-order valence-corrected chi connectivity index (χ0v) is 17.5. The van der Waals surface area contributed by atoms with E-state index < -0.39 is 10.0 Å². The van der Waals surface area contributed by atoms with Crippen molar-refractivity contribution in [1.29, 1.82) is 0 Å². The number of nitrogens with zero attached hydrogens (tertiary/aromatic N) is 3. The number of aromatic nitrogens is 1. The lowest BCUT2D eigenvalue weighted by atomic mass is 9.92. The minimum Gasteiger partial charge on any atom is -0.295 e. The molecule has 0 N–H and O–H groups in total. The minimum atomic E-state index is -3.40. The molecule has 0 spiro atoms. The fraction of sp³-hybridized carbons (Fsp3) is 0.550. The van der Waals surface area contributed by atoms with Crippen LogP contribution in [0.5, 0.6) is 0 Å². The van der Waals surface area contributed by atoms with Gasteiger partial charge in [-0.3, -0.25) is 4.90 Å². The number of benzene rings is 1. The van der Waals surface area contributed by atoms with Crippen LogP contribution in [0.3, 0.4) is 0 Å². The molecule has 146 valence electrons. The minimum absolute atomic E-state index is 0.462. The molecule has 1 aliphatic carbocycles. The van der Waals surface area contributed by atoms with Gasteiger partial charge in [-0.1, -0.05) is 13.0 Å². The second-order valence-electron chi connectivity index (χ2n) is 7.40. The Balaban J connectivity index is 1.41. The molecular weight excluding hydrogens is 378 g/mol. The van der Waals surface area contributed by atoms with E-state index in [1.54, 1.807) is 21.7 Å². The van der Waals surface area contributed by atoms with Crippen molar-refractivity contribution in [3.8, 4) is 0 Å². The molecule has 0 radical (unpaired) electrons. The van der Waals surface area contributed by atoms with E-state index in [4.69, 9.17) is 0 Å². The summed E-state index contributed by atoms with van der Waals surface area (Å²) < 4.78 is 27.8. The first-order chi connectivity index (χ1) is 13.1. The Labute approximate surface area is 166 Å². The molecule has 2 aliphatic rings. The van der Waals surface area contributed by atoms with Crippen LogP contribution in [-0.2, 0) is 35.8 Å². The van der Waals surface area contributed by atoms with Gasteiger partial charge in [-0.15, -0.1) is 11.3 Å². The van der Waals surface area contributed by atoms with Crippen LogP contribution >= 0.6 is 11.3 Å². The average Bonchev–Trinajstić information content (AvgIpc) is 3.15. The van der Waals surface area contributed by atoms with Gasteiger partial charge in [0.1, 0.15) is 0 Å². The highest BCUT2D eigenvalue weighted by Gasteiger charge is 2.29. The van der Waals surface area contributed by atoms with Crippen LogP contribution in [0.4, 0.5) is 0 Å². The Morgan fingerprint density at radius 3 is 2.52 bits per heavy atom. The van der Waals surface area contributed by atoms with E-state index in [1.165, 1.54) is 22.6 Å². The molecule has 2 aromatic rings. The van der Waals surface area contributed by atoms with Crippen LogP contribution in [-0.4, -0.2) is 48.8 Å². The predicted octanol–water partition coefficient (Wildman–Crippen LogP) is 3.09. The molecule has 0 atom stereocenters. The molecule has 0 amide bonds. The van der Waals surface area contributed by atoms with E-state index in [9.17, 15) is 8.42 Å². The summed E-state index contributed by atoms with van der Waals surface area (Å²) in [5.74, 6) is 0. The van der Waals surface area contributed by atoms with Crippen LogP contribution in [0, 0.1) is 0 Å². The average molecular weight is 406 g/mol. The first-order valence-electron chi connectivity index (χ1n) is 9.84. The lowest BCUT2D eigenvalue weighted by molar-refractivity contribution is 0.180. The third-order valence-electron chi connectivity index (χ3n) is 5.58. The van der Waals surface area contributed by atoms with Crippen molar-refractivity contribution in [1.82, 2.24) is 14.2 Å². The molecule has 1 aromatic heterocycles. The monoisotopic (exact) mass is 405 g/mol. The van der Waals surface area contributed by atoms with E-state index in [1.807, 2.05) is 12.1 Å². The molecule has 1 aromatic carbocycles. The predicted molar refractivity (Wildman–Crippen MR) is 109 cm³/mol. The van der Waals surface area contributed by atoms with Gasteiger partial charge < -0.3 is 0 Å². The first-order valence-corrected chi connectivity index (χ1v) is 12.2. The summed E-state index contributed by atoms with van der Waals surface area (Å²) >= 11 is 1.71. The topological polar surface area (TPSA) is 53.5 Å². The van der Waals surface area contributed by atoms with Crippen LogP contribution in [0.25, 0.3) is 0 Å². The lowest BCUT2D eigenvalue weighted by Gasteiger charge is -2.33. The number of fused-ring (bicyclic) bond motifs is 1. The Morgan fingerprint density at radius 1 is 1.07 bits per heavy atom. The molecule has 27 heavy (non-hydrogen) atoms. The Bertz CT molecular complexity index is 900. The first kappa shape index (κ1) is 19.1. The van der Waals surface area contributed by atoms with Gasteiger partial charge >= 0.3 is 0 Å². The number of rotatable bonds is 5. The largest absolute Gasteiger partial charge is 0.295 e. The zero-order valence-electron chi connectivity index (χ0n) is 15.9. The molecule has 5 nitrogen and oxygen atoms in total. The highest BCUT2D eigenvalue weighted by atomic mass is 32.2. The Kier molecular flexibility index (Phi) is 5.64. The number of sulfonamides is 1. The molecule has 0 saturated carbocycles. The Hall–Kier alpha value is -1.28. The highest BCUT2D eigenvalue weighted by molar-refractivity contribution is 7.89. The van der Waals surface area contributed by atoms with Gasteiger partial charge in [-0.05, 0) is 55.4 Å². The smallest absolute Gasteiger partial charge is 0.243 e. The quantitative estimate of drug-likeness (QED) is 0.767. The van der Waals surface area contributed by atoms with Crippen molar-refractivity contribution < 1.29 is 8.42 Å². The van der Waals surface area contributed by atoms with Gasteiger partial charge in [0.05, 0.1) is 15.6 Å². The van der Waals surface area contributed by atoms with Gasteiger partial charge in [-0.25, -0.2) is 13.4 Å². The summed E-state index contributed by atoms with van der Waals surface area (Å²) in [6, 6.07) is 5.73. The molecule has 2 heterocycles. The summed E-state index contributed by atoms with van der Waals surface area (Å²) in [6.07, 6.45) is 5.41. The van der Waals surface area contributed by atoms with Crippen molar-refractivity contribution in [2.75, 3.05) is 26.2 Å². The summed E-state index contributed by atoms with van der Waals surface area (Å²) in [5.41, 5.74) is 3.64. The molecule has 1 saturated heterocycles. The van der Waals surface area contributed by atoms with Crippen LogP contribution in [0.1, 0.15) is 41.6 Å². The summed E-state index contributed by atoms with van der Waals surface area (Å²) in [5, 5.41) is 3.29. The molecule has 7 heteroatoms. The molecule has 0 unspecified atom stereocenters. The van der Waals surface area contributed by atoms with E-state index in [0.717, 1.165) is 51.0 Å². The van der Waals surface area contributed by atoms with Crippen molar-refractivity contribution in [2.45, 2.75) is 50.5 Å². The third-order valence-corrected chi connectivity index (χ3v) is 8.51. The van der Waals surface area contributed by atoms with E-state index in [2.05, 4.69) is 22.2 Å². The standard InChI is InChI=1S/C20H27N3O2S2/c1-2-20-21-18(15-26-20)14-22-9-11-23(12-10-22)27(24,25)19-8-7-16-5-3-4-6-17(16)13-19/h7-8,13,15H,2-6,9-12,14H2,1H3.